The topological polar surface area (TPSA) is 40.5 Å². The number of hydrogen-bond acceptors (Lipinski definition) is 3. The van der Waals surface area contributed by atoms with Crippen molar-refractivity contribution < 1.29 is 9.90 Å². The van der Waals surface area contributed by atoms with Gasteiger partial charge in [-0.25, -0.2) is 4.79 Å². The van der Waals surface area contributed by atoms with Crippen LogP contribution in [0.25, 0.3) is 10.1 Å². The quantitative estimate of drug-likeness (QED) is 0.830. The van der Waals surface area contributed by atoms with E-state index in [4.69, 9.17) is 0 Å². The molecule has 0 saturated heterocycles. The molecule has 0 radical (unpaired) electrons. The molecule has 0 amide bonds. The lowest BCUT2D eigenvalue weighted by Crippen LogP contribution is -2.25. The number of benzene rings is 1. The molecule has 0 aliphatic heterocycles. The van der Waals surface area contributed by atoms with Gasteiger partial charge in [0.2, 0.25) is 0 Å². The van der Waals surface area contributed by atoms with E-state index in [0.717, 1.165) is 48.1 Å². The molecule has 0 unspecified atom stereocenters. The molecular weight excluding hydrogens is 270 g/mol. The summed E-state index contributed by atoms with van der Waals surface area (Å²) in [7, 11) is 0. The molecular formula is C16H21NO2S. The standard InChI is InChI=1S/C16H21NO2S/c1-3-9-17(10-4-2)11-13-12-7-5-6-8-14(12)20-15(13)16(18)19/h5-8H,3-4,9-11H2,1-2H3,(H,18,19). The molecule has 1 aromatic heterocycles. The van der Waals surface area contributed by atoms with Crippen LogP contribution in [0, 0.1) is 0 Å². The first kappa shape index (κ1) is 15.0. The van der Waals surface area contributed by atoms with Crippen LogP contribution in [-0.2, 0) is 6.54 Å². The van der Waals surface area contributed by atoms with Gasteiger partial charge in [-0.2, -0.15) is 0 Å². The first-order valence-electron chi connectivity index (χ1n) is 7.13. The maximum atomic E-state index is 11.5. The third kappa shape index (κ3) is 3.19. The Bertz CT molecular complexity index is 585. The molecule has 0 bridgehead atoms. The van der Waals surface area contributed by atoms with Gasteiger partial charge in [0.15, 0.2) is 0 Å². The zero-order valence-electron chi connectivity index (χ0n) is 12.1. The SMILES string of the molecule is CCCN(CCC)Cc1c(C(=O)O)sc2ccccc12. The van der Waals surface area contributed by atoms with Gasteiger partial charge in [-0.3, -0.25) is 4.90 Å². The molecule has 1 aromatic carbocycles. The number of hydrogen-bond donors (Lipinski definition) is 1. The van der Waals surface area contributed by atoms with Gasteiger partial charge in [-0.15, -0.1) is 11.3 Å². The Morgan fingerprint density at radius 1 is 1.20 bits per heavy atom. The third-order valence-corrected chi connectivity index (χ3v) is 4.55. The fraction of sp³-hybridized carbons (Fsp3) is 0.438. The van der Waals surface area contributed by atoms with Crippen molar-refractivity contribution in [2.45, 2.75) is 33.2 Å². The van der Waals surface area contributed by atoms with Gasteiger partial charge >= 0.3 is 5.97 Å². The van der Waals surface area contributed by atoms with E-state index in [-0.39, 0.29) is 0 Å². The minimum absolute atomic E-state index is 0.489. The highest BCUT2D eigenvalue weighted by Crippen LogP contribution is 2.32. The van der Waals surface area contributed by atoms with E-state index in [1.54, 1.807) is 0 Å². The number of thiophene rings is 1. The first-order valence-corrected chi connectivity index (χ1v) is 7.95. The first-order chi connectivity index (χ1) is 9.67. The van der Waals surface area contributed by atoms with Crippen LogP contribution in [0.15, 0.2) is 24.3 Å². The molecule has 108 valence electrons. The van der Waals surface area contributed by atoms with Crippen LogP contribution in [0.2, 0.25) is 0 Å². The predicted molar refractivity (Wildman–Crippen MR) is 84.6 cm³/mol. The maximum absolute atomic E-state index is 11.5. The average molecular weight is 291 g/mol. The second kappa shape index (κ2) is 6.86. The Labute approximate surface area is 123 Å². The van der Waals surface area contributed by atoms with Crippen molar-refractivity contribution >= 4 is 27.4 Å². The van der Waals surface area contributed by atoms with Gasteiger partial charge in [0.1, 0.15) is 4.88 Å². The number of aromatic carboxylic acids is 1. The Hall–Kier alpha value is -1.39. The van der Waals surface area contributed by atoms with Crippen molar-refractivity contribution in [3.8, 4) is 0 Å². The molecule has 0 aliphatic rings. The van der Waals surface area contributed by atoms with Crippen LogP contribution in [0.4, 0.5) is 0 Å². The monoisotopic (exact) mass is 291 g/mol. The zero-order valence-corrected chi connectivity index (χ0v) is 12.9. The van der Waals surface area contributed by atoms with E-state index in [9.17, 15) is 9.90 Å². The highest BCUT2D eigenvalue weighted by Gasteiger charge is 2.19. The average Bonchev–Trinajstić information content (AvgIpc) is 2.79. The number of rotatable bonds is 7. The lowest BCUT2D eigenvalue weighted by Gasteiger charge is -2.21. The summed E-state index contributed by atoms with van der Waals surface area (Å²) < 4.78 is 1.06. The largest absolute Gasteiger partial charge is 0.477 e. The van der Waals surface area contributed by atoms with Crippen molar-refractivity contribution in [2.75, 3.05) is 13.1 Å². The summed E-state index contributed by atoms with van der Waals surface area (Å²) in [5, 5.41) is 10.5. The van der Waals surface area contributed by atoms with Crippen molar-refractivity contribution in [3.63, 3.8) is 0 Å². The molecule has 0 atom stereocenters. The fourth-order valence-electron chi connectivity index (χ4n) is 2.55. The second-order valence-corrected chi connectivity index (χ2v) is 6.04. The molecule has 3 nitrogen and oxygen atoms in total. The zero-order chi connectivity index (χ0) is 14.5. The lowest BCUT2D eigenvalue weighted by molar-refractivity contribution is 0.0700. The predicted octanol–water partition coefficient (Wildman–Crippen LogP) is 4.22. The van der Waals surface area contributed by atoms with Gasteiger partial charge in [0.25, 0.3) is 0 Å². The third-order valence-electron chi connectivity index (χ3n) is 3.35. The lowest BCUT2D eigenvalue weighted by atomic mass is 10.1. The van der Waals surface area contributed by atoms with Crippen molar-refractivity contribution in [3.05, 3.63) is 34.7 Å². The van der Waals surface area contributed by atoms with E-state index in [1.165, 1.54) is 11.3 Å². The summed E-state index contributed by atoms with van der Waals surface area (Å²) in [5.74, 6) is -0.811. The van der Waals surface area contributed by atoms with Crippen LogP contribution in [0.5, 0.6) is 0 Å². The summed E-state index contributed by atoms with van der Waals surface area (Å²) >= 11 is 1.38. The molecule has 20 heavy (non-hydrogen) atoms. The van der Waals surface area contributed by atoms with Crippen LogP contribution < -0.4 is 0 Å². The minimum atomic E-state index is -0.811. The van der Waals surface area contributed by atoms with Gasteiger partial charge in [-0.1, -0.05) is 32.0 Å². The van der Waals surface area contributed by atoms with E-state index in [0.29, 0.717) is 4.88 Å². The smallest absolute Gasteiger partial charge is 0.346 e. The van der Waals surface area contributed by atoms with E-state index < -0.39 is 5.97 Å². The molecule has 0 aliphatic carbocycles. The molecule has 0 saturated carbocycles. The van der Waals surface area contributed by atoms with Gasteiger partial charge in [0.05, 0.1) is 0 Å². The van der Waals surface area contributed by atoms with Crippen LogP contribution >= 0.6 is 11.3 Å². The fourth-order valence-corrected chi connectivity index (χ4v) is 3.61. The van der Waals surface area contributed by atoms with Crippen LogP contribution in [0.1, 0.15) is 41.9 Å². The van der Waals surface area contributed by atoms with Crippen molar-refractivity contribution in [1.82, 2.24) is 4.90 Å². The summed E-state index contributed by atoms with van der Waals surface area (Å²) in [6, 6.07) is 7.97. The summed E-state index contributed by atoms with van der Waals surface area (Å²) in [5.41, 5.74) is 0.972. The number of fused-ring (bicyclic) bond motifs is 1. The van der Waals surface area contributed by atoms with E-state index >= 15 is 0 Å². The second-order valence-electron chi connectivity index (χ2n) is 4.99. The minimum Gasteiger partial charge on any atom is -0.477 e. The number of carbonyl (C=O) groups is 1. The Balaban J connectivity index is 2.39. The number of carboxylic acid groups (broad SMARTS) is 1. The van der Waals surface area contributed by atoms with E-state index in [1.807, 2.05) is 24.3 Å². The molecule has 1 heterocycles. The Morgan fingerprint density at radius 2 is 1.85 bits per heavy atom. The van der Waals surface area contributed by atoms with Gasteiger partial charge < -0.3 is 5.11 Å². The number of carboxylic acids is 1. The molecule has 2 rings (SSSR count). The molecule has 4 heteroatoms. The van der Waals surface area contributed by atoms with Crippen LogP contribution in [0.3, 0.4) is 0 Å². The maximum Gasteiger partial charge on any atom is 0.346 e. The van der Waals surface area contributed by atoms with E-state index in [2.05, 4.69) is 18.7 Å². The summed E-state index contributed by atoms with van der Waals surface area (Å²) in [6.45, 7) is 7.07. The molecule has 1 N–H and O–H groups in total. The summed E-state index contributed by atoms with van der Waals surface area (Å²) in [4.78, 5) is 14.3. The summed E-state index contributed by atoms with van der Waals surface area (Å²) in [6.07, 6.45) is 2.18. The Kier molecular flexibility index (Phi) is 5.15. The molecule has 2 aromatic rings. The Morgan fingerprint density at radius 3 is 2.45 bits per heavy atom. The van der Waals surface area contributed by atoms with Crippen LogP contribution in [-0.4, -0.2) is 29.1 Å². The molecule has 0 spiro atoms. The van der Waals surface area contributed by atoms with Gasteiger partial charge in [-0.05, 0) is 42.9 Å². The highest BCUT2D eigenvalue weighted by molar-refractivity contribution is 7.21. The number of nitrogens with zero attached hydrogens (tertiary/aromatic N) is 1. The van der Waals surface area contributed by atoms with Crippen molar-refractivity contribution in [1.29, 1.82) is 0 Å². The molecule has 0 fully saturated rings. The van der Waals surface area contributed by atoms with Crippen molar-refractivity contribution in [2.24, 2.45) is 0 Å². The van der Waals surface area contributed by atoms with Gasteiger partial charge in [0, 0.05) is 11.2 Å². The normalized spacial score (nSPS) is 11.3. The highest BCUT2D eigenvalue weighted by atomic mass is 32.1.